The Morgan fingerprint density at radius 1 is 1.29 bits per heavy atom. The second-order valence-electron chi connectivity index (χ2n) is 4.02. The first kappa shape index (κ1) is 14.8. The van der Waals surface area contributed by atoms with E-state index in [1.165, 1.54) is 0 Å². The molecule has 0 saturated heterocycles. The van der Waals surface area contributed by atoms with Crippen molar-refractivity contribution in [2.45, 2.75) is 38.4 Å². The third-order valence-electron chi connectivity index (χ3n) is 3.38. The summed E-state index contributed by atoms with van der Waals surface area (Å²) in [6.45, 7) is 3.96. The van der Waals surface area contributed by atoms with Gasteiger partial charge in [-0.05, 0) is 18.9 Å². The first-order valence-corrected chi connectivity index (χ1v) is 6.45. The smallest absolute Gasteiger partial charge is 0.109 e. The van der Waals surface area contributed by atoms with Gasteiger partial charge < -0.3 is 9.84 Å². The van der Waals surface area contributed by atoms with Gasteiger partial charge in [0, 0.05) is 12.7 Å². The van der Waals surface area contributed by atoms with Gasteiger partial charge in [-0.2, -0.15) is 0 Å². The number of hydrogen-bond donors (Lipinski definition) is 1. The van der Waals surface area contributed by atoms with E-state index < -0.39 is 11.7 Å². The van der Waals surface area contributed by atoms with E-state index >= 15 is 0 Å². The normalized spacial score (nSPS) is 13.8. The highest BCUT2D eigenvalue weighted by molar-refractivity contribution is 6.42. The molecule has 1 unspecified atom stereocenters. The Bertz CT molecular complexity index is 367. The number of halogens is 2. The van der Waals surface area contributed by atoms with Crippen molar-refractivity contribution in [3.05, 3.63) is 33.8 Å². The predicted octanol–water partition coefficient (Wildman–Crippen LogP) is 4.23. The standard InChI is InChI=1S/C13H18Cl2O2/c1-4-13(5-2,17-3)12(16)9-7-6-8-10(14)11(9)15/h6-8,12,16H,4-5H2,1-3H3. The molecule has 0 aliphatic carbocycles. The van der Waals surface area contributed by atoms with E-state index in [1.54, 1.807) is 25.3 Å². The summed E-state index contributed by atoms with van der Waals surface area (Å²) >= 11 is 12.1. The molecule has 0 aliphatic heterocycles. The maximum Gasteiger partial charge on any atom is 0.109 e. The monoisotopic (exact) mass is 276 g/mol. The van der Waals surface area contributed by atoms with Crippen molar-refractivity contribution in [2.75, 3.05) is 7.11 Å². The quantitative estimate of drug-likeness (QED) is 0.872. The highest BCUT2D eigenvalue weighted by Gasteiger charge is 2.36. The lowest BCUT2D eigenvalue weighted by Crippen LogP contribution is -2.37. The Balaban J connectivity index is 3.18. The van der Waals surface area contributed by atoms with E-state index in [1.807, 2.05) is 13.8 Å². The van der Waals surface area contributed by atoms with Gasteiger partial charge in [0.05, 0.1) is 15.6 Å². The van der Waals surface area contributed by atoms with Crippen LogP contribution in [0.4, 0.5) is 0 Å². The van der Waals surface area contributed by atoms with Crippen LogP contribution in [0.5, 0.6) is 0 Å². The molecular formula is C13H18Cl2O2. The Hall–Kier alpha value is -0.280. The number of benzene rings is 1. The zero-order valence-corrected chi connectivity index (χ0v) is 11.8. The number of aliphatic hydroxyl groups excluding tert-OH is 1. The molecule has 0 aromatic heterocycles. The maximum atomic E-state index is 10.5. The van der Waals surface area contributed by atoms with Crippen LogP contribution in [0.15, 0.2) is 18.2 Å². The molecule has 1 aromatic rings. The van der Waals surface area contributed by atoms with Gasteiger partial charge in [0.2, 0.25) is 0 Å². The molecule has 96 valence electrons. The van der Waals surface area contributed by atoms with Crippen molar-refractivity contribution in [2.24, 2.45) is 0 Å². The molecule has 4 heteroatoms. The van der Waals surface area contributed by atoms with Crippen molar-refractivity contribution in [1.82, 2.24) is 0 Å². The molecule has 17 heavy (non-hydrogen) atoms. The number of methoxy groups -OCH3 is 1. The molecule has 0 radical (unpaired) electrons. The van der Waals surface area contributed by atoms with Gasteiger partial charge in [0.15, 0.2) is 0 Å². The van der Waals surface area contributed by atoms with Gasteiger partial charge in [-0.15, -0.1) is 0 Å². The van der Waals surface area contributed by atoms with Crippen LogP contribution in [0.25, 0.3) is 0 Å². The van der Waals surface area contributed by atoms with Crippen LogP contribution in [0.1, 0.15) is 38.4 Å². The molecule has 1 aromatic carbocycles. The van der Waals surface area contributed by atoms with Crippen LogP contribution in [-0.4, -0.2) is 17.8 Å². The zero-order valence-electron chi connectivity index (χ0n) is 10.3. The topological polar surface area (TPSA) is 29.5 Å². The van der Waals surface area contributed by atoms with Crippen LogP contribution in [0.3, 0.4) is 0 Å². The molecule has 0 saturated carbocycles. The molecule has 0 aliphatic rings. The molecule has 0 fully saturated rings. The summed E-state index contributed by atoms with van der Waals surface area (Å²) in [7, 11) is 1.61. The summed E-state index contributed by atoms with van der Waals surface area (Å²) < 4.78 is 5.50. The summed E-state index contributed by atoms with van der Waals surface area (Å²) in [6, 6.07) is 5.25. The predicted molar refractivity (Wildman–Crippen MR) is 71.7 cm³/mol. The van der Waals surface area contributed by atoms with Crippen molar-refractivity contribution in [3.63, 3.8) is 0 Å². The molecule has 0 bridgehead atoms. The first-order valence-electron chi connectivity index (χ1n) is 5.69. The third kappa shape index (κ3) is 2.76. The van der Waals surface area contributed by atoms with E-state index in [2.05, 4.69) is 0 Å². The zero-order chi connectivity index (χ0) is 13.1. The van der Waals surface area contributed by atoms with Gasteiger partial charge in [0.1, 0.15) is 6.10 Å². The Morgan fingerprint density at radius 2 is 1.88 bits per heavy atom. The third-order valence-corrected chi connectivity index (χ3v) is 4.21. The summed E-state index contributed by atoms with van der Waals surface area (Å²) in [5.74, 6) is 0. The van der Waals surface area contributed by atoms with Gasteiger partial charge >= 0.3 is 0 Å². The lowest BCUT2D eigenvalue weighted by atomic mass is 9.86. The minimum absolute atomic E-state index is 0.394. The number of ether oxygens (including phenoxy) is 1. The van der Waals surface area contributed by atoms with Crippen LogP contribution < -0.4 is 0 Å². The molecule has 2 nitrogen and oxygen atoms in total. The van der Waals surface area contributed by atoms with Crippen LogP contribution >= 0.6 is 23.2 Å². The Labute approximate surface area is 113 Å². The molecule has 1 atom stereocenters. The largest absolute Gasteiger partial charge is 0.385 e. The van der Waals surface area contributed by atoms with E-state index in [9.17, 15) is 5.11 Å². The highest BCUT2D eigenvalue weighted by atomic mass is 35.5. The summed E-state index contributed by atoms with van der Waals surface area (Å²) in [6.07, 6.45) is 0.613. The van der Waals surface area contributed by atoms with Crippen molar-refractivity contribution < 1.29 is 9.84 Å². The molecule has 1 rings (SSSR count). The fourth-order valence-corrected chi connectivity index (χ4v) is 2.46. The number of hydrogen-bond acceptors (Lipinski definition) is 2. The highest BCUT2D eigenvalue weighted by Crippen LogP contribution is 2.39. The fraction of sp³-hybridized carbons (Fsp3) is 0.538. The van der Waals surface area contributed by atoms with Gasteiger partial charge in [-0.3, -0.25) is 0 Å². The molecule has 0 amide bonds. The van der Waals surface area contributed by atoms with Crippen LogP contribution in [0, 0.1) is 0 Å². The SMILES string of the molecule is CCC(CC)(OC)C(O)c1cccc(Cl)c1Cl. The van der Waals surface area contributed by atoms with Crippen molar-refractivity contribution >= 4 is 23.2 Å². The second kappa shape index (κ2) is 6.05. The average molecular weight is 277 g/mol. The average Bonchev–Trinajstić information content (AvgIpc) is 2.35. The summed E-state index contributed by atoms with van der Waals surface area (Å²) in [5.41, 5.74) is -0.00127. The number of rotatable bonds is 5. The lowest BCUT2D eigenvalue weighted by Gasteiger charge is -2.35. The maximum absolute atomic E-state index is 10.5. The van der Waals surface area contributed by atoms with Gasteiger partial charge in [-0.25, -0.2) is 0 Å². The van der Waals surface area contributed by atoms with Gasteiger partial charge in [-0.1, -0.05) is 49.2 Å². The fourth-order valence-electron chi connectivity index (χ4n) is 2.05. The van der Waals surface area contributed by atoms with Gasteiger partial charge in [0.25, 0.3) is 0 Å². The van der Waals surface area contributed by atoms with E-state index in [-0.39, 0.29) is 0 Å². The van der Waals surface area contributed by atoms with Crippen molar-refractivity contribution in [1.29, 1.82) is 0 Å². The summed E-state index contributed by atoms with van der Waals surface area (Å²) in [5, 5.41) is 11.3. The minimum Gasteiger partial charge on any atom is -0.385 e. The van der Waals surface area contributed by atoms with Crippen LogP contribution in [-0.2, 0) is 4.74 Å². The molecule has 0 spiro atoms. The molecule has 1 N–H and O–H groups in total. The van der Waals surface area contributed by atoms with E-state index in [4.69, 9.17) is 27.9 Å². The minimum atomic E-state index is -0.784. The number of aliphatic hydroxyl groups is 1. The lowest BCUT2D eigenvalue weighted by molar-refractivity contribution is -0.109. The molecular weight excluding hydrogens is 259 g/mol. The Kier molecular flexibility index (Phi) is 5.26. The first-order chi connectivity index (χ1) is 8.02. The van der Waals surface area contributed by atoms with Crippen LogP contribution in [0.2, 0.25) is 10.0 Å². The Morgan fingerprint density at radius 3 is 2.35 bits per heavy atom. The van der Waals surface area contributed by atoms with E-state index in [0.29, 0.717) is 28.5 Å². The molecule has 0 heterocycles. The second-order valence-corrected chi connectivity index (χ2v) is 4.81. The summed E-state index contributed by atoms with van der Waals surface area (Å²) in [4.78, 5) is 0. The van der Waals surface area contributed by atoms with Crippen molar-refractivity contribution in [3.8, 4) is 0 Å². The van der Waals surface area contributed by atoms with E-state index in [0.717, 1.165) is 0 Å².